The highest BCUT2D eigenvalue weighted by molar-refractivity contribution is 7.80. The van der Waals surface area contributed by atoms with Crippen molar-refractivity contribution in [1.82, 2.24) is 9.80 Å². The molecular weight excluding hydrogens is 264 g/mol. The minimum Gasteiger partial charge on any atom is -0.319 e. The van der Waals surface area contributed by atoms with Crippen LogP contribution in [0.4, 0.5) is 0 Å². The van der Waals surface area contributed by atoms with E-state index in [4.69, 9.17) is 12.2 Å². The lowest BCUT2D eigenvalue weighted by Crippen LogP contribution is -2.46. The third-order valence-electron chi connectivity index (χ3n) is 3.29. The number of hydrogen-bond donors (Lipinski definition) is 0. The van der Waals surface area contributed by atoms with Gasteiger partial charge in [0.05, 0.1) is 0 Å². The lowest BCUT2D eigenvalue weighted by molar-refractivity contribution is 0.416. The second-order valence-corrected chi connectivity index (χ2v) is 5.02. The Balaban J connectivity index is 3.23. The highest BCUT2D eigenvalue weighted by Gasteiger charge is 2.29. The van der Waals surface area contributed by atoms with Gasteiger partial charge in [0.1, 0.15) is 0 Å². The summed E-state index contributed by atoms with van der Waals surface area (Å²) in [4.78, 5) is 4.12. The van der Waals surface area contributed by atoms with Crippen molar-refractivity contribution in [2.75, 3.05) is 13.1 Å². The first-order valence-electron chi connectivity index (χ1n) is 6.96. The van der Waals surface area contributed by atoms with Crippen molar-refractivity contribution in [3.8, 4) is 0 Å². The Morgan fingerprint density at radius 3 is 2.05 bits per heavy atom. The Kier molecular flexibility index (Phi) is 5.96. The van der Waals surface area contributed by atoms with Gasteiger partial charge >= 0.3 is 0 Å². The van der Waals surface area contributed by atoms with E-state index < -0.39 is 0 Å². The summed E-state index contributed by atoms with van der Waals surface area (Å²) in [6.07, 6.45) is 8.24. The Morgan fingerprint density at radius 2 is 1.65 bits per heavy atom. The topological polar surface area (TPSA) is 6.48 Å². The molecule has 3 heteroatoms. The minimum absolute atomic E-state index is 0.789. The molecule has 0 bridgehead atoms. The molecule has 0 unspecified atom stereocenters. The van der Waals surface area contributed by atoms with Crippen LogP contribution in [0.3, 0.4) is 0 Å². The van der Waals surface area contributed by atoms with E-state index in [1.807, 2.05) is 19.1 Å². The van der Waals surface area contributed by atoms with Crippen LogP contribution in [0.15, 0.2) is 60.0 Å². The first-order chi connectivity index (χ1) is 9.47. The average molecular weight is 288 g/mol. The quantitative estimate of drug-likeness (QED) is 0.559. The van der Waals surface area contributed by atoms with Gasteiger partial charge in [-0.05, 0) is 46.0 Å². The van der Waals surface area contributed by atoms with Gasteiger partial charge in [-0.25, -0.2) is 0 Å². The van der Waals surface area contributed by atoms with Gasteiger partial charge in [0.25, 0.3) is 0 Å². The number of likely N-dealkylation sites (N-methyl/N-ethyl adjacent to an activating group) is 2. The lowest BCUT2D eigenvalue weighted by atomic mass is 10.0. The van der Waals surface area contributed by atoms with Crippen LogP contribution in [0, 0.1) is 0 Å². The SMILES string of the molecule is C=C1C(=C/C(C)=C/C=C\C)C(=C)N(CC)C(=S)N1CC. The molecule has 0 N–H and O–H groups in total. The normalized spacial score (nSPS) is 17.5. The number of rotatable bonds is 4. The number of nitrogens with zero attached hydrogens (tertiary/aromatic N) is 2. The van der Waals surface area contributed by atoms with Crippen molar-refractivity contribution in [2.24, 2.45) is 0 Å². The maximum absolute atomic E-state index is 5.51. The zero-order valence-electron chi connectivity index (χ0n) is 12.9. The Bertz CT molecular complexity index is 481. The maximum atomic E-state index is 5.51. The molecule has 20 heavy (non-hydrogen) atoms. The number of allylic oxidation sites excluding steroid dienone is 5. The number of thiocarbonyl (C=S) groups is 1. The summed E-state index contributed by atoms with van der Waals surface area (Å²) in [5, 5.41) is 0.789. The summed E-state index contributed by atoms with van der Waals surface area (Å²) in [5.41, 5.74) is 4.08. The summed E-state index contributed by atoms with van der Waals surface area (Å²) in [6.45, 7) is 18.3. The van der Waals surface area contributed by atoms with Crippen LogP contribution in [0.5, 0.6) is 0 Å². The standard InChI is InChI=1S/C17H24N2S/c1-7-10-11-13(4)12-16-14(5)18(8-2)17(20)19(9-3)15(16)6/h7,10-12H,5-6,8-9H2,1-4H3/b10-7-,13-11+. The van der Waals surface area contributed by atoms with Gasteiger partial charge in [0.2, 0.25) is 0 Å². The van der Waals surface area contributed by atoms with Crippen molar-refractivity contribution in [1.29, 1.82) is 0 Å². The Morgan fingerprint density at radius 1 is 1.15 bits per heavy atom. The van der Waals surface area contributed by atoms with Crippen molar-refractivity contribution in [2.45, 2.75) is 27.7 Å². The molecule has 2 nitrogen and oxygen atoms in total. The van der Waals surface area contributed by atoms with Crippen molar-refractivity contribution < 1.29 is 0 Å². The summed E-state index contributed by atoms with van der Waals surface area (Å²) < 4.78 is 0. The molecule has 1 aliphatic heterocycles. The predicted molar refractivity (Wildman–Crippen MR) is 92.3 cm³/mol. The molecule has 0 aromatic heterocycles. The minimum atomic E-state index is 0.789. The van der Waals surface area contributed by atoms with Crippen LogP contribution in [0.1, 0.15) is 27.7 Å². The van der Waals surface area contributed by atoms with E-state index in [1.165, 1.54) is 5.57 Å². The molecule has 0 aromatic carbocycles. The van der Waals surface area contributed by atoms with Gasteiger partial charge in [0, 0.05) is 30.1 Å². The zero-order chi connectivity index (χ0) is 15.3. The van der Waals surface area contributed by atoms with Gasteiger partial charge in [-0.1, -0.05) is 37.0 Å². The van der Waals surface area contributed by atoms with E-state index in [2.05, 4.69) is 55.9 Å². The molecule has 0 aliphatic carbocycles. The molecule has 1 aliphatic rings. The summed E-state index contributed by atoms with van der Waals surface area (Å²) in [5.74, 6) is 0. The molecule has 0 saturated carbocycles. The predicted octanol–water partition coefficient (Wildman–Crippen LogP) is 4.40. The van der Waals surface area contributed by atoms with E-state index in [9.17, 15) is 0 Å². The second-order valence-electron chi connectivity index (χ2n) is 4.66. The van der Waals surface area contributed by atoms with Crippen LogP contribution >= 0.6 is 12.2 Å². The third-order valence-corrected chi connectivity index (χ3v) is 3.73. The maximum Gasteiger partial charge on any atom is 0.180 e. The first-order valence-corrected chi connectivity index (χ1v) is 7.37. The largest absolute Gasteiger partial charge is 0.319 e. The van der Waals surface area contributed by atoms with Crippen LogP contribution in [0.2, 0.25) is 0 Å². The van der Waals surface area contributed by atoms with Gasteiger partial charge in [0.15, 0.2) is 5.11 Å². The van der Waals surface area contributed by atoms with E-state index in [0.717, 1.165) is 35.2 Å². The van der Waals surface area contributed by atoms with E-state index in [0.29, 0.717) is 0 Å². The van der Waals surface area contributed by atoms with Crippen molar-refractivity contribution in [3.05, 3.63) is 60.0 Å². The monoisotopic (exact) mass is 288 g/mol. The first kappa shape index (κ1) is 16.4. The summed E-state index contributed by atoms with van der Waals surface area (Å²) >= 11 is 5.51. The Hall–Kier alpha value is -1.61. The summed E-state index contributed by atoms with van der Waals surface area (Å²) in [6, 6.07) is 0. The molecule has 0 radical (unpaired) electrons. The highest BCUT2D eigenvalue weighted by atomic mass is 32.1. The van der Waals surface area contributed by atoms with E-state index >= 15 is 0 Å². The van der Waals surface area contributed by atoms with Crippen molar-refractivity contribution in [3.63, 3.8) is 0 Å². The average Bonchev–Trinajstić information content (AvgIpc) is 2.42. The molecule has 0 atom stereocenters. The Labute approximate surface area is 128 Å². The highest BCUT2D eigenvalue weighted by Crippen LogP contribution is 2.31. The molecule has 1 saturated heterocycles. The smallest absolute Gasteiger partial charge is 0.180 e. The van der Waals surface area contributed by atoms with Gasteiger partial charge in [-0.2, -0.15) is 0 Å². The fourth-order valence-corrected chi connectivity index (χ4v) is 2.66. The van der Waals surface area contributed by atoms with Gasteiger partial charge < -0.3 is 9.80 Å². The van der Waals surface area contributed by atoms with E-state index in [-0.39, 0.29) is 0 Å². The molecule has 0 amide bonds. The number of hydrogen-bond acceptors (Lipinski definition) is 1. The van der Waals surface area contributed by atoms with Crippen molar-refractivity contribution >= 4 is 17.3 Å². The van der Waals surface area contributed by atoms with Crippen LogP contribution in [-0.2, 0) is 0 Å². The third kappa shape index (κ3) is 3.28. The fourth-order valence-electron chi connectivity index (χ4n) is 2.18. The molecule has 1 rings (SSSR count). The fraction of sp³-hybridized carbons (Fsp3) is 0.353. The van der Waals surface area contributed by atoms with Crippen LogP contribution < -0.4 is 0 Å². The lowest BCUT2D eigenvalue weighted by Gasteiger charge is -2.41. The molecule has 108 valence electrons. The zero-order valence-corrected chi connectivity index (χ0v) is 13.8. The van der Waals surface area contributed by atoms with E-state index in [1.54, 1.807) is 0 Å². The van der Waals surface area contributed by atoms with Gasteiger partial charge in [-0.3, -0.25) is 0 Å². The summed E-state index contributed by atoms with van der Waals surface area (Å²) in [7, 11) is 0. The van der Waals surface area contributed by atoms with Gasteiger partial charge in [-0.15, -0.1) is 0 Å². The molecule has 1 heterocycles. The molecule has 1 fully saturated rings. The second kappa shape index (κ2) is 7.25. The molecule has 0 aromatic rings. The molecule has 0 spiro atoms. The van der Waals surface area contributed by atoms with Crippen LogP contribution in [0.25, 0.3) is 0 Å². The molecular formula is C17H24N2S. The van der Waals surface area contributed by atoms with Crippen LogP contribution in [-0.4, -0.2) is 28.0 Å².